The van der Waals surface area contributed by atoms with Gasteiger partial charge in [-0.2, -0.15) is 0 Å². The lowest BCUT2D eigenvalue weighted by atomic mass is 10.2. The zero-order chi connectivity index (χ0) is 11.5. The van der Waals surface area contributed by atoms with Crippen LogP contribution in [0.4, 0.5) is 11.6 Å². The van der Waals surface area contributed by atoms with Crippen molar-refractivity contribution in [1.29, 1.82) is 0 Å². The van der Waals surface area contributed by atoms with Gasteiger partial charge < -0.3 is 11.1 Å². The van der Waals surface area contributed by atoms with Gasteiger partial charge in [0.1, 0.15) is 18.0 Å². The minimum atomic E-state index is 0.481. The molecule has 0 bridgehead atoms. The van der Waals surface area contributed by atoms with Gasteiger partial charge in [-0.1, -0.05) is 39.5 Å². The lowest BCUT2D eigenvalue weighted by molar-refractivity contribution is 0.702. The fourth-order valence-electron chi connectivity index (χ4n) is 1.01. The second-order valence-corrected chi connectivity index (χ2v) is 3.29. The molecule has 0 amide bonds. The van der Waals surface area contributed by atoms with E-state index in [1.165, 1.54) is 32.0 Å². The molecule has 0 aliphatic heterocycles. The first-order valence-electron chi connectivity index (χ1n) is 5.49. The number of nitrogens with zero attached hydrogens (tertiary/aromatic N) is 2. The van der Waals surface area contributed by atoms with Crippen LogP contribution in [-0.4, -0.2) is 17.0 Å². The number of hydrogen-bond acceptors (Lipinski definition) is 4. The molecular formula is C11H22N4. The van der Waals surface area contributed by atoms with Crippen molar-refractivity contribution in [3.63, 3.8) is 0 Å². The van der Waals surface area contributed by atoms with E-state index >= 15 is 0 Å². The second kappa shape index (κ2) is 9.24. The molecule has 1 aromatic heterocycles. The van der Waals surface area contributed by atoms with Gasteiger partial charge in [0, 0.05) is 13.1 Å². The highest BCUT2D eigenvalue weighted by Gasteiger charge is 1.88. The zero-order valence-corrected chi connectivity index (χ0v) is 9.95. The first-order chi connectivity index (χ1) is 7.24. The van der Waals surface area contributed by atoms with Crippen LogP contribution in [0.5, 0.6) is 0 Å². The van der Waals surface area contributed by atoms with E-state index in [1.807, 2.05) is 0 Å². The fraction of sp³-hybridized carbons (Fsp3) is 0.636. The molecule has 0 aromatic carbocycles. The summed E-state index contributed by atoms with van der Waals surface area (Å²) in [5.41, 5.74) is 5.34. The van der Waals surface area contributed by atoms with Crippen molar-refractivity contribution in [2.45, 2.75) is 39.5 Å². The SMILES string of the molecule is CCCCCC.CNc1cc(N)ncn1. The van der Waals surface area contributed by atoms with E-state index in [2.05, 4.69) is 29.1 Å². The van der Waals surface area contributed by atoms with Gasteiger partial charge in [-0.05, 0) is 0 Å². The lowest BCUT2D eigenvalue weighted by Crippen LogP contribution is -1.95. The lowest BCUT2D eigenvalue weighted by Gasteiger charge is -1.96. The molecule has 0 aliphatic rings. The summed E-state index contributed by atoms with van der Waals surface area (Å²) < 4.78 is 0. The molecule has 0 saturated carbocycles. The van der Waals surface area contributed by atoms with Crippen molar-refractivity contribution in [3.05, 3.63) is 12.4 Å². The summed E-state index contributed by atoms with van der Waals surface area (Å²) in [6.45, 7) is 4.46. The fourth-order valence-corrected chi connectivity index (χ4v) is 1.01. The maximum absolute atomic E-state index is 5.34. The van der Waals surface area contributed by atoms with Crippen molar-refractivity contribution in [2.24, 2.45) is 0 Å². The van der Waals surface area contributed by atoms with Crippen LogP contribution in [0.3, 0.4) is 0 Å². The van der Waals surface area contributed by atoms with Crippen molar-refractivity contribution in [3.8, 4) is 0 Å². The standard InChI is InChI=1S/C6H14.C5H8N4/c1-3-5-6-4-2;1-7-5-2-4(6)8-3-9-5/h3-6H2,1-2H3;2-3H,1H3,(H3,6,7,8,9). The summed E-state index contributed by atoms with van der Waals surface area (Å²) in [5.74, 6) is 1.22. The van der Waals surface area contributed by atoms with Crippen LogP contribution in [0.2, 0.25) is 0 Å². The maximum atomic E-state index is 5.34. The number of unbranched alkanes of at least 4 members (excludes halogenated alkanes) is 3. The topological polar surface area (TPSA) is 63.8 Å². The second-order valence-electron chi connectivity index (χ2n) is 3.29. The summed E-state index contributed by atoms with van der Waals surface area (Å²) in [4.78, 5) is 7.57. The normalized spacial score (nSPS) is 9.00. The zero-order valence-electron chi connectivity index (χ0n) is 9.95. The third-order valence-electron chi connectivity index (χ3n) is 1.90. The highest BCUT2D eigenvalue weighted by atomic mass is 15.0. The van der Waals surface area contributed by atoms with Crippen LogP contribution < -0.4 is 11.1 Å². The van der Waals surface area contributed by atoms with E-state index in [0.29, 0.717) is 5.82 Å². The van der Waals surface area contributed by atoms with Crippen LogP contribution in [-0.2, 0) is 0 Å². The molecule has 86 valence electrons. The minimum absolute atomic E-state index is 0.481. The van der Waals surface area contributed by atoms with Crippen molar-refractivity contribution in [1.82, 2.24) is 9.97 Å². The first kappa shape index (κ1) is 13.7. The van der Waals surface area contributed by atoms with E-state index in [-0.39, 0.29) is 0 Å². The summed E-state index contributed by atoms with van der Waals surface area (Å²) in [7, 11) is 1.78. The van der Waals surface area contributed by atoms with Crippen molar-refractivity contribution < 1.29 is 0 Å². The Morgan fingerprint density at radius 2 is 1.80 bits per heavy atom. The number of nitrogens with two attached hydrogens (primary N) is 1. The van der Waals surface area contributed by atoms with Crippen LogP contribution in [0.1, 0.15) is 39.5 Å². The summed E-state index contributed by atoms with van der Waals surface area (Å²) in [6, 6.07) is 1.67. The van der Waals surface area contributed by atoms with Gasteiger partial charge in [0.2, 0.25) is 0 Å². The first-order valence-corrected chi connectivity index (χ1v) is 5.49. The Hall–Kier alpha value is -1.32. The molecule has 1 heterocycles. The molecule has 0 fully saturated rings. The Labute approximate surface area is 92.3 Å². The number of rotatable bonds is 4. The van der Waals surface area contributed by atoms with E-state index in [9.17, 15) is 0 Å². The highest BCUT2D eigenvalue weighted by molar-refractivity contribution is 5.42. The van der Waals surface area contributed by atoms with E-state index in [1.54, 1.807) is 13.1 Å². The monoisotopic (exact) mass is 210 g/mol. The summed E-state index contributed by atoms with van der Waals surface area (Å²) >= 11 is 0. The Bertz CT molecular complexity index is 246. The van der Waals surface area contributed by atoms with Crippen LogP contribution >= 0.6 is 0 Å². The molecule has 4 heteroatoms. The quantitative estimate of drug-likeness (QED) is 0.750. The molecule has 4 nitrogen and oxygen atoms in total. The van der Waals surface area contributed by atoms with Crippen LogP contribution in [0.25, 0.3) is 0 Å². The van der Waals surface area contributed by atoms with Crippen LogP contribution in [0, 0.1) is 0 Å². The number of nitrogen functional groups attached to an aromatic ring is 1. The Morgan fingerprint density at radius 3 is 2.13 bits per heavy atom. The van der Waals surface area contributed by atoms with E-state index in [4.69, 9.17) is 5.73 Å². The molecule has 0 aliphatic carbocycles. The maximum Gasteiger partial charge on any atom is 0.131 e. The average Bonchev–Trinajstić information content (AvgIpc) is 2.27. The Morgan fingerprint density at radius 1 is 1.20 bits per heavy atom. The van der Waals surface area contributed by atoms with Gasteiger partial charge in [0.15, 0.2) is 0 Å². The molecule has 3 N–H and O–H groups in total. The van der Waals surface area contributed by atoms with Gasteiger partial charge >= 0.3 is 0 Å². The molecule has 0 saturated heterocycles. The van der Waals surface area contributed by atoms with Gasteiger partial charge in [-0.15, -0.1) is 0 Å². The number of anilines is 2. The molecule has 1 aromatic rings. The predicted molar refractivity (Wildman–Crippen MR) is 65.8 cm³/mol. The molecule has 0 radical (unpaired) electrons. The minimum Gasteiger partial charge on any atom is -0.384 e. The van der Waals surface area contributed by atoms with Gasteiger partial charge in [-0.25, -0.2) is 9.97 Å². The smallest absolute Gasteiger partial charge is 0.131 e. The molecule has 0 atom stereocenters. The number of nitrogens with one attached hydrogen (secondary N) is 1. The van der Waals surface area contributed by atoms with Crippen molar-refractivity contribution >= 4 is 11.6 Å². The number of aromatic nitrogens is 2. The average molecular weight is 210 g/mol. The van der Waals surface area contributed by atoms with Gasteiger partial charge in [0.25, 0.3) is 0 Å². The van der Waals surface area contributed by atoms with Gasteiger partial charge in [0.05, 0.1) is 0 Å². The third-order valence-corrected chi connectivity index (χ3v) is 1.90. The summed E-state index contributed by atoms with van der Waals surface area (Å²) in [6.07, 6.45) is 6.95. The third kappa shape index (κ3) is 7.73. The Kier molecular flexibility index (Phi) is 8.43. The molecule has 15 heavy (non-hydrogen) atoms. The van der Waals surface area contributed by atoms with Crippen LogP contribution in [0.15, 0.2) is 12.4 Å². The van der Waals surface area contributed by atoms with Gasteiger partial charge in [-0.3, -0.25) is 0 Å². The predicted octanol–water partition coefficient (Wildman–Crippen LogP) is 2.69. The summed E-state index contributed by atoms with van der Waals surface area (Å²) in [5, 5.41) is 2.84. The molecular weight excluding hydrogens is 188 g/mol. The number of hydrogen-bond donors (Lipinski definition) is 2. The highest BCUT2D eigenvalue weighted by Crippen LogP contribution is 2.01. The molecule has 0 spiro atoms. The largest absolute Gasteiger partial charge is 0.384 e. The molecule has 1 rings (SSSR count). The Balaban J connectivity index is 0.000000288. The van der Waals surface area contributed by atoms with E-state index in [0.717, 1.165) is 5.82 Å². The van der Waals surface area contributed by atoms with E-state index < -0.39 is 0 Å². The van der Waals surface area contributed by atoms with Crippen molar-refractivity contribution in [2.75, 3.05) is 18.1 Å². The molecule has 0 unspecified atom stereocenters.